The van der Waals surface area contributed by atoms with E-state index < -0.39 is 101 Å². The number of likely N-dealkylation sites (N-methyl/N-ethyl adjacent to an activating group) is 1. The average molecular weight is 1100 g/mol. The molecule has 1 rings (SSSR count). The number of nitrogens with one attached hydrogen (secondary N) is 9. The maximum atomic E-state index is 14.1. The van der Waals surface area contributed by atoms with Crippen LogP contribution in [0.1, 0.15) is 180 Å². The van der Waals surface area contributed by atoms with Gasteiger partial charge in [0.1, 0.15) is 46.8 Å². The molecular formula is C56H101N11O11. The minimum absolute atomic E-state index is 0.0225. The average Bonchev–Trinajstić information content (AvgIpc) is 3.83. The Balaban J connectivity index is 3.17. The Hall–Kier alpha value is -5.64. The van der Waals surface area contributed by atoms with Crippen LogP contribution in [0.15, 0.2) is 12.2 Å². The van der Waals surface area contributed by atoms with Crippen LogP contribution in [0.3, 0.4) is 0 Å². The van der Waals surface area contributed by atoms with E-state index in [2.05, 4.69) is 54.8 Å². The molecule has 0 aromatic rings. The predicted molar refractivity (Wildman–Crippen MR) is 301 cm³/mol. The van der Waals surface area contributed by atoms with Crippen molar-refractivity contribution in [1.29, 1.82) is 0 Å². The van der Waals surface area contributed by atoms with Crippen molar-refractivity contribution in [2.24, 2.45) is 11.8 Å². The van der Waals surface area contributed by atoms with Crippen LogP contribution in [0, 0.1) is 11.8 Å². The number of amides is 10. The minimum Gasteiger partial charge on any atom is -0.394 e. The molecule has 1 heterocycles. The lowest BCUT2D eigenvalue weighted by Crippen LogP contribution is -2.65. The van der Waals surface area contributed by atoms with E-state index in [-0.39, 0.29) is 61.9 Å². The Morgan fingerprint density at radius 3 is 1.71 bits per heavy atom. The second-order valence-corrected chi connectivity index (χ2v) is 23.6. The molecule has 78 heavy (non-hydrogen) atoms. The first-order valence-corrected chi connectivity index (χ1v) is 28.3. The van der Waals surface area contributed by atoms with Crippen LogP contribution in [0.2, 0.25) is 0 Å². The van der Waals surface area contributed by atoms with Crippen LogP contribution in [0.5, 0.6) is 0 Å². The molecule has 0 aromatic carbocycles. The van der Waals surface area contributed by atoms with Gasteiger partial charge in [0.25, 0.3) is 0 Å². The van der Waals surface area contributed by atoms with Crippen molar-refractivity contribution in [2.75, 3.05) is 40.3 Å². The highest BCUT2D eigenvalue weighted by molar-refractivity contribution is 6.00. The van der Waals surface area contributed by atoms with Gasteiger partial charge in [-0.2, -0.15) is 0 Å². The molecule has 1 aliphatic heterocycles. The molecule has 6 atom stereocenters. The molecule has 1 unspecified atom stereocenters. The molecule has 446 valence electrons. The van der Waals surface area contributed by atoms with Gasteiger partial charge in [-0.05, 0) is 119 Å². The van der Waals surface area contributed by atoms with Gasteiger partial charge in [-0.1, -0.05) is 92.6 Å². The lowest BCUT2D eigenvalue weighted by molar-refractivity contribution is -0.139. The number of allylic oxidation sites excluding steroid dienone is 1. The number of likely N-dealkylation sites (tertiary alicyclic amines) is 1. The molecule has 22 heteroatoms. The van der Waals surface area contributed by atoms with Crippen LogP contribution in [-0.4, -0.2) is 167 Å². The van der Waals surface area contributed by atoms with E-state index in [1.807, 2.05) is 60.5 Å². The smallest absolute Gasteiger partial charge is 0.246 e. The summed E-state index contributed by atoms with van der Waals surface area (Å²) < 4.78 is 0. The number of rotatable bonds is 36. The number of hydrogen-bond acceptors (Lipinski definition) is 12. The normalized spacial score (nSPS) is 15.9. The van der Waals surface area contributed by atoms with E-state index >= 15 is 0 Å². The summed E-state index contributed by atoms with van der Waals surface area (Å²) in [7, 11) is 3.78. The van der Waals surface area contributed by atoms with E-state index in [0.29, 0.717) is 32.4 Å². The van der Waals surface area contributed by atoms with Crippen molar-refractivity contribution < 1.29 is 53.1 Å². The number of carbonyl (C=O) groups excluding carboxylic acids is 10. The summed E-state index contributed by atoms with van der Waals surface area (Å²) in [6.07, 6.45) is 11.8. The summed E-state index contributed by atoms with van der Waals surface area (Å²) in [5, 5.41) is 34.7. The van der Waals surface area contributed by atoms with Crippen LogP contribution in [-0.2, 0) is 47.9 Å². The standard InChI is InChI=1S/C56H101N11O11/c1-16-18-20-21-22-24-26-39(59-50(75)43-27-25-31-67(43)45(70)28-23-19-17-2)46(71)61-42(35-68)49(74)64-55(10,11)52(77)62-40(32-36(3)4)47(72)60-41(33-37(5)6)48(73)63-56(12,13)53(78)65-54(8,9)51(76)57-30-29-44(69)58-38(7)34-66(14)15/h23,28,36-43,68H,16-22,24-27,29-35H2,1-15H3,(H,57,76)(H,58,69)(H,59,75)(H,60,72)(H,61,71)(H,62,77)(H,63,73)(H,64,74)(H,65,78)/b28-23+/t38-,39-,40-,41-,42?,43-/m0/s1. The van der Waals surface area contributed by atoms with Crippen molar-refractivity contribution >= 4 is 59.1 Å². The Kier molecular flexibility index (Phi) is 31.0. The largest absolute Gasteiger partial charge is 0.394 e. The van der Waals surface area contributed by atoms with Crippen LogP contribution in [0.25, 0.3) is 0 Å². The number of hydrogen-bond donors (Lipinski definition) is 10. The molecule has 0 aromatic heterocycles. The highest BCUT2D eigenvalue weighted by atomic mass is 16.3. The van der Waals surface area contributed by atoms with Crippen LogP contribution < -0.4 is 47.9 Å². The SMILES string of the molecule is CCC/C=C/C(=O)N1CCC[C@H]1C(=O)N[C@@H](CCCCCCCC)C(=O)NC(CO)C(=O)NC(C)(C)C(=O)N[C@@H](CC(C)C)C(=O)N[C@@H](CC(C)C)C(=O)NC(C)(C)C(=O)NC(C)(C)C(=O)NCCC(=O)N[C@@H](C)CN(C)C. The third-order valence-corrected chi connectivity index (χ3v) is 13.2. The van der Waals surface area contributed by atoms with Gasteiger partial charge in [0.15, 0.2) is 0 Å². The van der Waals surface area contributed by atoms with E-state index in [1.54, 1.807) is 6.08 Å². The maximum absolute atomic E-state index is 14.1. The van der Waals surface area contributed by atoms with Crippen molar-refractivity contribution in [3.8, 4) is 0 Å². The first kappa shape index (κ1) is 70.4. The number of unbranched alkanes of at least 4 members (excludes halogenated alkanes) is 6. The van der Waals surface area contributed by atoms with E-state index in [1.165, 1.54) is 52.5 Å². The zero-order valence-electron chi connectivity index (χ0n) is 49.9. The first-order chi connectivity index (χ1) is 36.3. The third-order valence-electron chi connectivity index (χ3n) is 13.2. The minimum atomic E-state index is -1.73. The summed E-state index contributed by atoms with van der Waals surface area (Å²) >= 11 is 0. The summed E-state index contributed by atoms with van der Waals surface area (Å²) in [6, 6.07) is -5.91. The van der Waals surface area contributed by atoms with Gasteiger partial charge in [-0.3, -0.25) is 47.9 Å². The second-order valence-electron chi connectivity index (χ2n) is 23.6. The van der Waals surface area contributed by atoms with Gasteiger partial charge in [0, 0.05) is 32.1 Å². The van der Waals surface area contributed by atoms with Gasteiger partial charge in [-0.15, -0.1) is 0 Å². The lowest BCUT2D eigenvalue weighted by atomic mass is 9.96. The maximum Gasteiger partial charge on any atom is 0.246 e. The molecule has 0 saturated carbocycles. The Morgan fingerprint density at radius 1 is 0.615 bits per heavy atom. The third kappa shape index (κ3) is 25.9. The van der Waals surface area contributed by atoms with E-state index in [0.717, 1.165) is 44.9 Å². The van der Waals surface area contributed by atoms with Crippen molar-refractivity contribution in [3.05, 3.63) is 12.2 Å². The zero-order valence-corrected chi connectivity index (χ0v) is 49.9. The molecule has 10 N–H and O–H groups in total. The Bertz CT molecular complexity index is 2020. The van der Waals surface area contributed by atoms with Crippen molar-refractivity contribution in [2.45, 2.75) is 233 Å². The molecule has 0 spiro atoms. The molecule has 1 saturated heterocycles. The van der Waals surface area contributed by atoms with Crippen LogP contribution >= 0.6 is 0 Å². The topological polar surface area (TPSA) is 306 Å². The van der Waals surface area contributed by atoms with Gasteiger partial charge < -0.3 is 62.8 Å². The molecule has 1 aliphatic rings. The fourth-order valence-corrected chi connectivity index (χ4v) is 8.75. The second kappa shape index (κ2) is 34.4. The number of nitrogens with zero attached hydrogens (tertiary/aromatic N) is 2. The number of carbonyl (C=O) groups is 10. The van der Waals surface area contributed by atoms with Crippen molar-refractivity contribution in [1.82, 2.24) is 57.7 Å². The molecule has 1 fully saturated rings. The molecule has 22 nitrogen and oxygen atoms in total. The molecular weight excluding hydrogens is 1000 g/mol. The Labute approximate surface area is 465 Å². The van der Waals surface area contributed by atoms with E-state index in [4.69, 9.17) is 0 Å². The first-order valence-electron chi connectivity index (χ1n) is 28.3. The van der Waals surface area contributed by atoms with Crippen molar-refractivity contribution in [3.63, 3.8) is 0 Å². The Morgan fingerprint density at radius 2 is 1.14 bits per heavy atom. The lowest BCUT2D eigenvalue weighted by Gasteiger charge is -2.33. The summed E-state index contributed by atoms with van der Waals surface area (Å²) in [4.78, 5) is 139. The van der Waals surface area contributed by atoms with Gasteiger partial charge in [-0.25, -0.2) is 0 Å². The molecule has 0 bridgehead atoms. The quantitative estimate of drug-likeness (QED) is 0.0320. The summed E-state index contributed by atoms with van der Waals surface area (Å²) in [6.45, 7) is 22.1. The van der Waals surface area contributed by atoms with Gasteiger partial charge >= 0.3 is 0 Å². The summed E-state index contributed by atoms with van der Waals surface area (Å²) in [5.74, 6) is -6.39. The highest BCUT2D eigenvalue weighted by Gasteiger charge is 2.41. The van der Waals surface area contributed by atoms with Crippen LogP contribution in [0.4, 0.5) is 0 Å². The number of aliphatic hydroxyl groups is 1. The number of aliphatic hydroxyl groups excluding tert-OH is 1. The fourth-order valence-electron chi connectivity index (χ4n) is 8.75. The highest BCUT2D eigenvalue weighted by Crippen LogP contribution is 2.20. The predicted octanol–water partition coefficient (Wildman–Crippen LogP) is 2.37. The zero-order chi connectivity index (χ0) is 59.6. The molecule has 0 radical (unpaired) electrons. The van der Waals surface area contributed by atoms with Gasteiger partial charge in [0.05, 0.1) is 6.61 Å². The van der Waals surface area contributed by atoms with E-state index in [9.17, 15) is 53.1 Å². The van der Waals surface area contributed by atoms with Gasteiger partial charge in [0.2, 0.25) is 59.1 Å². The summed E-state index contributed by atoms with van der Waals surface area (Å²) in [5.41, 5.74) is -4.77. The molecule has 0 aliphatic carbocycles. The monoisotopic (exact) mass is 1100 g/mol. The fraction of sp³-hybridized carbons (Fsp3) is 0.786. The molecule has 10 amide bonds.